The Bertz CT molecular complexity index is 493. The van der Waals surface area contributed by atoms with Crippen LogP contribution in [0.25, 0.3) is 0 Å². The largest absolute Gasteiger partial charge is 0.465 e. The zero-order chi connectivity index (χ0) is 12.1. The van der Waals surface area contributed by atoms with E-state index in [1.807, 2.05) is 49.4 Å². The summed E-state index contributed by atoms with van der Waals surface area (Å²) in [7, 11) is 0. The first kappa shape index (κ1) is 11.7. The first-order valence-electron chi connectivity index (χ1n) is 5.39. The molecule has 4 heteroatoms. The monoisotopic (exact) mass is 246 g/mol. The van der Waals surface area contributed by atoms with Crippen molar-refractivity contribution >= 4 is 23.0 Å². The lowest BCUT2D eigenvalue weighted by Crippen LogP contribution is -2.27. The Kier molecular flexibility index (Phi) is 3.77. The van der Waals surface area contributed by atoms with E-state index in [9.17, 15) is 0 Å². The summed E-state index contributed by atoms with van der Waals surface area (Å²) in [5.74, 6) is 1.78. The topological polar surface area (TPSA) is 37.2 Å². The van der Waals surface area contributed by atoms with Crippen LogP contribution in [0, 0.1) is 6.92 Å². The van der Waals surface area contributed by atoms with Crippen LogP contribution in [0.5, 0.6) is 0 Å². The summed E-state index contributed by atoms with van der Waals surface area (Å²) in [6.45, 7) is 2.51. The molecule has 88 valence electrons. The number of rotatable bonds is 3. The minimum Gasteiger partial charge on any atom is -0.465 e. The summed E-state index contributed by atoms with van der Waals surface area (Å²) < 4.78 is 5.43. The first-order valence-corrected chi connectivity index (χ1v) is 5.80. The standard InChI is InChI=1S/C13H14N2OS/c1-10-7-8-12(16-10)9-14-13(17)15-11-5-3-2-4-6-11/h2-8H,9H2,1H3,(H2,14,15,17). The van der Waals surface area contributed by atoms with Gasteiger partial charge in [0.2, 0.25) is 0 Å². The average Bonchev–Trinajstić information content (AvgIpc) is 2.74. The highest BCUT2D eigenvalue weighted by Crippen LogP contribution is 2.07. The molecule has 0 aliphatic heterocycles. The van der Waals surface area contributed by atoms with Crippen LogP contribution in [0.2, 0.25) is 0 Å². The van der Waals surface area contributed by atoms with Crippen molar-refractivity contribution in [2.45, 2.75) is 13.5 Å². The van der Waals surface area contributed by atoms with Crippen molar-refractivity contribution in [1.29, 1.82) is 0 Å². The van der Waals surface area contributed by atoms with Crippen molar-refractivity contribution in [3.8, 4) is 0 Å². The van der Waals surface area contributed by atoms with E-state index in [4.69, 9.17) is 16.6 Å². The van der Waals surface area contributed by atoms with Crippen molar-refractivity contribution in [2.24, 2.45) is 0 Å². The molecule has 1 heterocycles. The van der Waals surface area contributed by atoms with Gasteiger partial charge in [0, 0.05) is 5.69 Å². The molecule has 0 fully saturated rings. The minimum absolute atomic E-state index is 0.588. The van der Waals surface area contributed by atoms with Gasteiger partial charge in [0.15, 0.2) is 5.11 Å². The molecular formula is C13H14N2OS. The fraction of sp³-hybridized carbons (Fsp3) is 0.154. The summed E-state index contributed by atoms with van der Waals surface area (Å²) in [4.78, 5) is 0. The van der Waals surface area contributed by atoms with Crippen LogP contribution < -0.4 is 10.6 Å². The van der Waals surface area contributed by atoms with Crippen LogP contribution in [0.15, 0.2) is 46.9 Å². The predicted octanol–water partition coefficient (Wildman–Crippen LogP) is 3.07. The van der Waals surface area contributed by atoms with Crippen molar-refractivity contribution in [3.63, 3.8) is 0 Å². The lowest BCUT2D eigenvalue weighted by molar-refractivity contribution is 0.478. The molecular weight excluding hydrogens is 232 g/mol. The Morgan fingerprint density at radius 1 is 1.18 bits per heavy atom. The number of nitrogens with one attached hydrogen (secondary N) is 2. The summed E-state index contributed by atoms with van der Waals surface area (Å²) in [6.07, 6.45) is 0. The van der Waals surface area contributed by atoms with E-state index < -0.39 is 0 Å². The van der Waals surface area contributed by atoms with Gasteiger partial charge in [-0.05, 0) is 43.4 Å². The van der Waals surface area contributed by atoms with E-state index in [2.05, 4.69) is 10.6 Å². The van der Waals surface area contributed by atoms with Gasteiger partial charge in [-0.1, -0.05) is 18.2 Å². The maximum absolute atomic E-state index is 5.43. The summed E-state index contributed by atoms with van der Waals surface area (Å²) >= 11 is 5.18. The van der Waals surface area contributed by atoms with E-state index in [1.165, 1.54) is 0 Å². The van der Waals surface area contributed by atoms with Crippen molar-refractivity contribution in [1.82, 2.24) is 5.32 Å². The summed E-state index contributed by atoms with van der Waals surface area (Å²) in [6, 6.07) is 13.7. The van der Waals surface area contributed by atoms with Crippen molar-refractivity contribution < 1.29 is 4.42 Å². The van der Waals surface area contributed by atoms with Crippen LogP contribution in [-0.4, -0.2) is 5.11 Å². The molecule has 0 saturated carbocycles. The Labute approximate surface area is 106 Å². The molecule has 1 aromatic carbocycles. The number of furan rings is 1. The van der Waals surface area contributed by atoms with E-state index in [0.717, 1.165) is 17.2 Å². The molecule has 0 saturated heterocycles. The van der Waals surface area contributed by atoms with Gasteiger partial charge in [-0.25, -0.2) is 0 Å². The Morgan fingerprint density at radius 2 is 1.94 bits per heavy atom. The molecule has 2 aromatic rings. The molecule has 0 aliphatic rings. The number of anilines is 1. The van der Waals surface area contributed by atoms with E-state index in [1.54, 1.807) is 0 Å². The molecule has 17 heavy (non-hydrogen) atoms. The normalized spacial score (nSPS) is 9.94. The second kappa shape index (κ2) is 5.50. The zero-order valence-electron chi connectivity index (χ0n) is 9.57. The molecule has 0 atom stereocenters. The average molecular weight is 246 g/mol. The zero-order valence-corrected chi connectivity index (χ0v) is 10.4. The summed E-state index contributed by atoms with van der Waals surface area (Å²) in [5.41, 5.74) is 0.973. The quantitative estimate of drug-likeness (QED) is 0.816. The Hall–Kier alpha value is -1.81. The molecule has 3 nitrogen and oxygen atoms in total. The van der Waals surface area contributed by atoms with Crippen molar-refractivity contribution in [3.05, 3.63) is 54.0 Å². The van der Waals surface area contributed by atoms with Crippen LogP contribution >= 0.6 is 12.2 Å². The van der Waals surface area contributed by atoms with Crippen LogP contribution in [0.3, 0.4) is 0 Å². The molecule has 2 N–H and O–H groups in total. The Balaban J connectivity index is 1.82. The molecule has 0 amide bonds. The number of hydrogen-bond acceptors (Lipinski definition) is 2. The van der Waals surface area contributed by atoms with Gasteiger partial charge in [-0.2, -0.15) is 0 Å². The number of benzene rings is 1. The van der Waals surface area contributed by atoms with Gasteiger partial charge in [0.1, 0.15) is 11.5 Å². The highest BCUT2D eigenvalue weighted by Gasteiger charge is 2.00. The first-order chi connectivity index (χ1) is 8.24. The van der Waals surface area contributed by atoms with Gasteiger partial charge < -0.3 is 15.1 Å². The van der Waals surface area contributed by atoms with Gasteiger partial charge in [-0.3, -0.25) is 0 Å². The minimum atomic E-state index is 0.588. The van der Waals surface area contributed by atoms with Gasteiger partial charge in [0.25, 0.3) is 0 Å². The third-order valence-corrected chi connectivity index (χ3v) is 2.50. The molecule has 0 radical (unpaired) electrons. The highest BCUT2D eigenvalue weighted by molar-refractivity contribution is 7.80. The van der Waals surface area contributed by atoms with Gasteiger partial charge in [-0.15, -0.1) is 0 Å². The SMILES string of the molecule is Cc1ccc(CNC(=S)Nc2ccccc2)o1. The summed E-state index contributed by atoms with van der Waals surface area (Å²) in [5, 5.41) is 6.77. The fourth-order valence-corrected chi connectivity index (χ4v) is 1.63. The number of para-hydroxylation sites is 1. The van der Waals surface area contributed by atoms with Gasteiger partial charge in [0.05, 0.1) is 6.54 Å². The number of hydrogen-bond donors (Lipinski definition) is 2. The van der Waals surface area contributed by atoms with E-state index >= 15 is 0 Å². The number of aryl methyl sites for hydroxylation is 1. The van der Waals surface area contributed by atoms with Crippen LogP contribution in [-0.2, 0) is 6.54 Å². The second-order valence-corrected chi connectivity index (χ2v) is 4.09. The van der Waals surface area contributed by atoms with E-state index in [0.29, 0.717) is 11.7 Å². The van der Waals surface area contributed by atoms with E-state index in [-0.39, 0.29) is 0 Å². The molecule has 0 unspecified atom stereocenters. The predicted molar refractivity (Wildman–Crippen MR) is 72.9 cm³/mol. The molecule has 2 rings (SSSR count). The highest BCUT2D eigenvalue weighted by atomic mass is 32.1. The van der Waals surface area contributed by atoms with Crippen LogP contribution in [0.1, 0.15) is 11.5 Å². The third kappa shape index (κ3) is 3.60. The van der Waals surface area contributed by atoms with Gasteiger partial charge >= 0.3 is 0 Å². The molecule has 1 aromatic heterocycles. The maximum atomic E-state index is 5.43. The molecule has 0 aliphatic carbocycles. The molecule has 0 spiro atoms. The Morgan fingerprint density at radius 3 is 2.59 bits per heavy atom. The van der Waals surface area contributed by atoms with Crippen LogP contribution in [0.4, 0.5) is 5.69 Å². The lowest BCUT2D eigenvalue weighted by atomic mass is 10.3. The molecule has 0 bridgehead atoms. The third-order valence-electron chi connectivity index (χ3n) is 2.25. The smallest absolute Gasteiger partial charge is 0.171 e. The number of thiocarbonyl (C=S) groups is 1. The fourth-order valence-electron chi connectivity index (χ4n) is 1.44. The second-order valence-electron chi connectivity index (χ2n) is 3.69. The lowest BCUT2D eigenvalue weighted by Gasteiger charge is -2.08. The van der Waals surface area contributed by atoms with Crippen molar-refractivity contribution in [2.75, 3.05) is 5.32 Å². The maximum Gasteiger partial charge on any atom is 0.171 e.